The van der Waals surface area contributed by atoms with Crippen LogP contribution in [0.5, 0.6) is 0 Å². The van der Waals surface area contributed by atoms with Gasteiger partial charge >= 0.3 is 0 Å². The summed E-state index contributed by atoms with van der Waals surface area (Å²) in [7, 11) is 0. The number of nitrogens with two attached hydrogens (primary N) is 1. The average Bonchev–Trinajstić information content (AvgIpc) is 2.82. The first-order valence-corrected chi connectivity index (χ1v) is 8.15. The third kappa shape index (κ3) is 2.46. The Hall–Kier alpha value is -1.40. The predicted octanol–water partition coefficient (Wildman–Crippen LogP) is 4.79. The van der Waals surface area contributed by atoms with E-state index in [1.54, 1.807) is 6.20 Å². The molecule has 0 amide bonds. The number of anilines is 1. The molecule has 0 aliphatic heterocycles. The number of nitrogens with zero attached hydrogens (tertiary/aromatic N) is 3. The van der Waals surface area contributed by atoms with Crippen molar-refractivity contribution in [3.63, 3.8) is 0 Å². The van der Waals surface area contributed by atoms with E-state index in [-0.39, 0.29) is 6.04 Å². The molecule has 2 heterocycles. The predicted molar refractivity (Wildman–Crippen MR) is 93.2 cm³/mol. The van der Waals surface area contributed by atoms with Gasteiger partial charge in [0.1, 0.15) is 11.3 Å². The van der Waals surface area contributed by atoms with Gasteiger partial charge < -0.3 is 10.3 Å². The Labute approximate surface area is 139 Å². The van der Waals surface area contributed by atoms with Crippen molar-refractivity contribution in [3.8, 4) is 11.4 Å². The number of hydrogen-bond donors (Lipinski definition) is 1. The summed E-state index contributed by atoms with van der Waals surface area (Å²) < 4.78 is 3.91. The van der Waals surface area contributed by atoms with Crippen LogP contribution in [0, 0.1) is 0 Å². The third-order valence-corrected chi connectivity index (χ3v) is 4.41. The van der Waals surface area contributed by atoms with E-state index in [2.05, 4.69) is 55.3 Å². The number of imidazole rings is 1. The largest absolute Gasteiger partial charge is 0.397 e. The van der Waals surface area contributed by atoms with Crippen molar-refractivity contribution in [2.75, 3.05) is 5.73 Å². The van der Waals surface area contributed by atoms with Crippen LogP contribution in [0.15, 0.2) is 39.4 Å². The monoisotopic (exact) mass is 408 g/mol. The number of nitrogen functional groups attached to an aromatic ring is 1. The first kappa shape index (κ1) is 14.5. The smallest absolute Gasteiger partial charge is 0.160 e. The van der Waals surface area contributed by atoms with Gasteiger partial charge in [-0.2, -0.15) is 0 Å². The molecule has 3 aromatic rings. The van der Waals surface area contributed by atoms with Gasteiger partial charge in [0.15, 0.2) is 5.65 Å². The molecular formula is C15H14Br2N4. The Bertz CT molecular complexity index is 824. The lowest BCUT2D eigenvalue weighted by Gasteiger charge is -2.14. The van der Waals surface area contributed by atoms with E-state index < -0.39 is 0 Å². The highest BCUT2D eigenvalue weighted by Gasteiger charge is 2.19. The zero-order valence-electron chi connectivity index (χ0n) is 11.6. The van der Waals surface area contributed by atoms with Crippen LogP contribution in [0.1, 0.15) is 19.9 Å². The molecule has 4 nitrogen and oxygen atoms in total. The maximum absolute atomic E-state index is 6.23. The van der Waals surface area contributed by atoms with Crippen LogP contribution in [0.2, 0.25) is 0 Å². The first-order valence-electron chi connectivity index (χ1n) is 6.57. The summed E-state index contributed by atoms with van der Waals surface area (Å²) in [5.41, 5.74) is 9.55. The standard InChI is InChI=1S/C15H14Br2N4/c1-8(2)21-14(20-12-4-3-5-19-15(12)21)10-6-9(16)7-11(17)13(10)18/h3-8H,18H2,1-2H3. The number of pyridine rings is 1. The summed E-state index contributed by atoms with van der Waals surface area (Å²) in [6, 6.07) is 8.01. The van der Waals surface area contributed by atoms with Gasteiger partial charge in [-0.15, -0.1) is 0 Å². The number of hydrogen-bond acceptors (Lipinski definition) is 3. The van der Waals surface area contributed by atoms with Crippen molar-refractivity contribution in [2.45, 2.75) is 19.9 Å². The van der Waals surface area contributed by atoms with Crippen molar-refractivity contribution in [1.82, 2.24) is 14.5 Å². The van der Waals surface area contributed by atoms with Crippen LogP contribution in [0.25, 0.3) is 22.6 Å². The topological polar surface area (TPSA) is 56.7 Å². The molecule has 3 rings (SSSR count). The minimum atomic E-state index is 0.233. The summed E-state index contributed by atoms with van der Waals surface area (Å²) in [5.74, 6) is 0.832. The molecular weight excluding hydrogens is 396 g/mol. The van der Waals surface area contributed by atoms with Crippen LogP contribution in [-0.4, -0.2) is 14.5 Å². The van der Waals surface area contributed by atoms with Crippen LogP contribution >= 0.6 is 31.9 Å². The van der Waals surface area contributed by atoms with E-state index in [4.69, 9.17) is 10.7 Å². The van der Waals surface area contributed by atoms with E-state index in [0.717, 1.165) is 31.5 Å². The third-order valence-electron chi connectivity index (χ3n) is 3.30. The maximum atomic E-state index is 6.23. The molecule has 0 saturated heterocycles. The molecule has 0 atom stereocenters. The molecule has 2 N–H and O–H groups in total. The fraction of sp³-hybridized carbons (Fsp3) is 0.200. The highest BCUT2D eigenvalue weighted by molar-refractivity contribution is 9.11. The fourth-order valence-corrected chi connectivity index (χ4v) is 3.60. The van der Waals surface area contributed by atoms with Crippen molar-refractivity contribution >= 4 is 48.7 Å². The lowest BCUT2D eigenvalue weighted by Crippen LogP contribution is -2.05. The minimum Gasteiger partial charge on any atom is -0.397 e. The molecule has 6 heteroatoms. The van der Waals surface area contributed by atoms with E-state index in [9.17, 15) is 0 Å². The average molecular weight is 410 g/mol. The van der Waals surface area contributed by atoms with Crippen LogP contribution < -0.4 is 5.73 Å². The highest BCUT2D eigenvalue weighted by atomic mass is 79.9. The maximum Gasteiger partial charge on any atom is 0.160 e. The molecule has 21 heavy (non-hydrogen) atoms. The molecule has 0 fully saturated rings. The Morgan fingerprint density at radius 3 is 2.71 bits per heavy atom. The molecule has 0 radical (unpaired) electrons. The van der Waals surface area contributed by atoms with Crippen LogP contribution in [0.4, 0.5) is 5.69 Å². The van der Waals surface area contributed by atoms with E-state index in [1.807, 2.05) is 24.3 Å². The summed E-state index contributed by atoms with van der Waals surface area (Å²) >= 11 is 7.00. The lowest BCUT2D eigenvalue weighted by molar-refractivity contribution is 0.620. The number of halogens is 2. The number of rotatable bonds is 2. The molecule has 0 spiro atoms. The van der Waals surface area contributed by atoms with Gasteiger partial charge in [0.25, 0.3) is 0 Å². The Morgan fingerprint density at radius 2 is 2.00 bits per heavy atom. The van der Waals surface area contributed by atoms with Crippen molar-refractivity contribution < 1.29 is 0 Å². The van der Waals surface area contributed by atoms with Gasteiger partial charge in [0.2, 0.25) is 0 Å². The molecule has 0 unspecified atom stereocenters. The SMILES string of the molecule is CC(C)n1c(-c2cc(Br)cc(Br)c2N)nc2cccnc21. The van der Waals surface area contributed by atoms with E-state index in [0.29, 0.717) is 5.69 Å². The quantitative estimate of drug-likeness (QED) is 0.619. The Morgan fingerprint density at radius 1 is 1.24 bits per heavy atom. The molecule has 2 aromatic heterocycles. The number of benzene rings is 1. The van der Waals surface area contributed by atoms with E-state index >= 15 is 0 Å². The molecule has 1 aromatic carbocycles. The summed E-state index contributed by atoms with van der Waals surface area (Å²) in [4.78, 5) is 9.19. The Kier molecular flexibility index (Phi) is 3.75. The minimum absolute atomic E-state index is 0.233. The van der Waals surface area contributed by atoms with Gasteiger partial charge in [-0.05, 0) is 54.0 Å². The molecule has 0 aliphatic carbocycles. The summed E-state index contributed by atoms with van der Waals surface area (Å²) in [6.45, 7) is 4.23. The molecule has 0 aliphatic rings. The second-order valence-corrected chi connectivity index (χ2v) is 6.86. The zero-order valence-corrected chi connectivity index (χ0v) is 14.8. The molecule has 108 valence electrons. The number of fused-ring (bicyclic) bond motifs is 1. The Balaban J connectivity index is 2.38. The molecule has 0 bridgehead atoms. The fourth-order valence-electron chi connectivity index (χ4n) is 2.38. The summed E-state index contributed by atoms with van der Waals surface area (Å²) in [5, 5.41) is 0. The van der Waals surface area contributed by atoms with Crippen molar-refractivity contribution in [3.05, 3.63) is 39.4 Å². The van der Waals surface area contributed by atoms with Gasteiger partial charge in [-0.3, -0.25) is 0 Å². The van der Waals surface area contributed by atoms with Crippen molar-refractivity contribution in [1.29, 1.82) is 0 Å². The van der Waals surface area contributed by atoms with Crippen LogP contribution in [-0.2, 0) is 0 Å². The van der Waals surface area contributed by atoms with Gasteiger partial charge in [0, 0.05) is 26.7 Å². The van der Waals surface area contributed by atoms with E-state index in [1.165, 1.54) is 0 Å². The first-order chi connectivity index (χ1) is 9.99. The second kappa shape index (κ2) is 5.42. The van der Waals surface area contributed by atoms with Crippen molar-refractivity contribution in [2.24, 2.45) is 0 Å². The van der Waals surface area contributed by atoms with Gasteiger partial charge in [0.05, 0.1) is 5.69 Å². The van der Waals surface area contributed by atoms with Crippen LogP contribution in [0.3, 0.4) is 0 Å². The van der Waals surface area contributed by atoms with Gasteiger partial charge in [-0.1, -0.05) is 15.9 Å². The summed E-state index contributed by atoms with van der Waals surface area (Å²) in [6.07, 6.45) is 1.78. The normalized spacial score (nSPS) is 11.5. The lowest BCUT2D eigenvalue weighted by atomic mass is 10.1. The second-order valence-electron chi connectivity index (χ2n) is 5.09. The number of aromatic nitrogens is 3. The molecule has 0 saturated carbocycles. The highest BCUT2D eigenvalue weighted by Crippen LogP contribution is 2.37. The zero-order chi connectivity index (χ0) is 15.1. The van der Waals surface area contributed by atoms with Gasteiger partial charge in [-0.25, -0.2) is 9.97 Å².